The largest absolute Gasteiger partial charge is 0.236 e. The van der Waals surface area contributed by atoms with Gasteiger partial charge in [-0.15, -0.1) is 12.6 Å². The van der Waals surface area contributed by atoms with Gasteiger partial charge in [-0.25, -0.2) is 9.97 Å². The Bertz CT molecular complexity index is 741. The van der Waals surface area contributed by atoms with Crippen molar-refractivity contribution in [3.8, 4) is 11.4 Å². The fourth-order valence-corrected chi connectivity index (χ4v) is 4.81. The van der Waals surface area contributed by atoms with Crippen LogP contribution in [0, 0.1) is 0 Å². The molecule has 0 bridgehead atoms. The van der Waals surface area contributed by atoms with Gasteiger partial charge in [0, 0.05) is 22.9 Å². The molecule has 0 aliphatic carbocycles. The van der Waals surface area contributed by atoms with Crippen molar-refractivity contribution < 1.29 is 0 Å². The molecule has 0 aliphatic rings. The average Bonchev–Trinajstić information content (AvgIpc) is 2.83. The zero-order valence-corrected chi connectivity index (χ0v) is 22.4. The molecule has 0 radical (unpaired) electrons. The van der Waals surface area contributed by atoms with Crippen molar-refractivity contribution in [2.24, 2.45) is 0 Å². The minimum Gasteiger partial charge on any atom is -0.236 e. The highest BCUT2D eigenvalue weighted by Crippen LogP contribution is 2.25. The van der Waals surface area contributed by atoms with Crippen LogP contribution in [0.3, 0.4) is 0 Å². The molecule has 2 rings (SSSR count). The third-order valence-corrected chi connectivity index (χ3v) is 7.02. The fraction of sp³-hybridized carbons (Fsp3) is 0.667. The summed E-state index contributed by atoms with van der Waals surface area (Å²) in [6.45, 7) is 4.55. The van der Waals surface area contributed by atoms with Crippen molar-refractivity contribution in [1.82, 2.24) is 9.97 Å². The van der Waals surface area contributed by atoms with Gasteiger partial charge >= 0.3 is 0 Å². The van der Waals surface area contributed by atoms with Crippen LogP contribution >= 0.6 is 12.6 Å². The number of hydrogen-bond donors (Lipinski definition) is 1. The maximum Gasteiger partial charge on any atom is 0.160 e. The summed E-state index contributed by atoms with van der Waals surface area (Å²) in [6, 6.07) is 6.57. The highest BCUT2D eigenvalue weighted by molar-refractivity contribution is 7.80. The lowest BCUT2D eigenvalue weighted by Gasteiger charge is -2.08. The first kappa shape index (κ1) is 27.9. The fourth-order valence-electron chi connectivity index (χ4n) is 4.47. The van der Waals surface area contributed by atoms with Gasteiger partial charge in [0.15, 0.2) is 5.82 Å². The van der Waals surface area contributed by atoms with Crippen LogP contribution in [-0.2, 0) is 12.8 Å². The quantitative estimate of drug-likeness (QED) is 0.164. The lowest BCUT2D eigenvalue weighted by molar-refractivity contribution is 0.556. The summed E-state index contributed by atoms with van der Waals surface area (Å²) in [7, 11) is 0. The van der Waals surface area contributed by atoms with E-state index in [9.17, 15) is 0 Å². The summed E-state index contributed by atoms with van der Waals surface area (Å²) in [5.41, 5.74) is 3.66. The number of thiol groups is 1. The normalized spacial score (nSPS) is 11.2. The van der Waals surface area contributed by atoms with Gasteiger partial charge < -0.3 is 0 Å². The van der Waals surface area contributed by atoms with Crippen LogP contribution in [0.5, 0.6) is 0 Å². The van der Waals surface area contributed by atoms with E-state index in [0.29, 0.717) is 0 Å². The van der Waals surface area contributed by atoms with E-state index in [0.717, 1.165) is 29.1 Å². The second kappa shape index (κ2) is 18.0. The Morgan fingerprint density at radius 3 is 1.52 bits per heavy atom. The van der Waals surface area contributed by atoms with E-state index >= 15 is 0 Å². The molecule has 0 spiro atoms. The molecule has 1 aromatic carbocycles. The first-order valence-electron chi connectivity index (χ1n) is 13.9. The van der Waals surface area contributed by atoms with Crippen LogP contribution in [-0.4, -0.2) is 9.97 Å². The molecule has 0 saturated heterocycles. The van der Waals surface area contributed by atoms with Gasteiger partial charge in [0.25, 0.3) is 0 Å². The van der Waals surface area contributed by atoms with Crippen molar-refractivity contribution >= 4 is 12.6 Å². The maximum absolute atomic E-state index is 4.74. The molecule has 0 N–H and O–H groups in total. The summed E-state index contributed by atoms with van der Waals surface area (Å²) in [5.74, 6) is 0.790. The third-order valence-electron chi connectivity index (χ3n) is 6.65. The van der Waals surface area contributed by atoms with E-state index in [1.165, 1.54) is 114 Å². The molecule has 33 heavy (non-hydrogen) atoms. The van der Waals surface area contributed by atoms with Crippen LogP contribution in [0.15, 0.2) is 35.5 Å². The summed E-state index contributed by atoms with van der Waals surface area (Å²) >= 11 is 4.74. The maximum atomic E-state index is 4.74. The Kier molecular flexibility index (Phi) is 15.2. The topological polar surface area (TPSA) is 25.8 Å². The highest BCUT2D eigenvalue weighted by Gasteiger charge is 2.07. The highest BCUT2D eigenvalue weighted by atomic mass is 32.1. The number of unbranched alkanes of at least 4 members (excludes halogenated alkanes) is 14. The molecule has 0 amide bonds. The van der Waals surface area contributed by atoms with Gasteiger partial charge in [-0.2, -0.15) is 0 Å². The Balaban J connectivity index is 1.66. The van der Waals surface area contributed by atoms with Crippen molar-refractivity contribution in [2.45, 2.75) is 134 Å². The lowest BCUT2D eigenvalue weighted by atomic mass is 10.0. The van der Waals surface area contributed by atoms with Gasteiger partial charge in [-0.3, -0.25) is 0 Å². The summed E-state index contributed by atoms with van der Waals surface area (Å²) in [5, 5.41) is 0. The molecule has 0 aliphatic heterocycles. The van der Waals surface area contributed by atoms with Crippen LogP contribution in [0.2, 0.25) is 0 Å². The summed E-state index contributed by atoms with van der Waals surface area (Å²) in [4.78, 5) is 10.3. The zero-order chi connectivity index (χ0) is 23.6. The third kappa shape index (κ3) is 12.1. The van der Waals surface area contributed by atoms with Gasteiger partial charge in [-0.05, 0) is 48.9 Å². The van der Waals surface area contributed by atoms with Gasteiger partial charge in [0.2, 0.25) is 0 Å². The number of aryl methyl sites for hydroxylation is 2. The van der Waals surface area contributed by atoms with E-state index in [-0.39, 0.29) is 0 Å². The molecule has 2 aromatic rings. The number of benzene rings is 1. The Morgan fingerprint density at radius 1 is 0.576 bits per heavy atom. The van der Waals surface area contributed by atoms with Gasteiger partial charge in [0.05, 0.1) is 0 Å². The molecular weight excluding hydrogens is 420 g/mol. The molecular formula is C30H48N2S. The molecule has 2 nitrogen and oxygen atoms in total. The second-order valence-corrected chi connectivity index (χ2v) is 10.2. The molecule has 1 aromatic heterocycles. The average molecular weight is 469 g/mol. The van der Waals surface area contributed by atoms with E-state index in [1.54, 1.807) is 0 Å². The molecule has 0 fully saturated rings. The Hall–Kier alpha value is -1.35. The minimum absolute atomic E-state index is 0.790. The predicted octanol–water partition coefficient (Wildman–Crippen LogP) is 9.80. The number of hydrogen-bond acceptors (Lipinski definition) is 3. The monoisotopic (exact) mass is 468 g/mol. The van der Waals surface area contributed by atoms with Crippen molar-refractivity contribution in [1.29, 1.82) is 0 Å². The van der Waals surface area contributed by atoms with Crippen LogP contribution in [0.4, 0.5) is 0 Å². The van der Waals surface area contributed by atoms with Crippen molar-refractivity contribution in [3.63, 3.8) is 0 Å². The molecule has 184 valence electrons. The van der Waals surface area contributed by atoms with Crippen molar-refractivity contribution in [2.75, 3.05) is 0 Å². The van der Waals surface area contributed by atoms with E-state index in [1.807, 2.05) is 12.4 Å². The predicted molar refractivity (Wildman–Crippen MR) is 147 cm³/mol. The van der Waals surface area contributed by atoms with Crippen LogP contribution < -0.4 is 0 Å². The van der Waals surface area contributed by atoms with Crippen LogP contribution in [0.25, 0.3) is 11.4 Å². The minimum atomic E-state index is 0.790. The van der Waals surface area contributed by atoms with Crippen LogP contribution in [0.1, 0.15) is 128 Å². The van der Waals surface area contributed by atoms with Crippen molar-refractivity contribution in [3.05, 3.63) is 41.7 Å². The molecule has 3 heteroatoms. The summed E-state index contributed by atoms with van der Waals surface area (Å²) in [6.07, 6.45) is 28.0. The first-order valence-corrected chi connectivity index (χ1v) is 14.3. The molecule has 0 unspecified atom stereocenters. The molecule has 1 heterocycles. The van der Waals surface area contributed by atoms with Gasteiger partial charge in [0.1, 0.15) is 0 Å². The smallest absolute Gasteiger partial charge is 0.160 e. The summed E-state index contributed by atoms with van der Waals surface area (Å²) < 4.78 is 0. The number of nitrogens with zero attached hydrogens (tertiary/aromatic N) is 2. The van der Waals surface area contributed by atoms with E-state index < -0.39 is 0 Å². The first-order chi connectivity index (χ1) is 16.2. The number of rotatable bonds is 19. The standard InChI is InChI=1S/C30H48N2S/c1-3-5-7-9-11-12-13-14-16-18-20-27-24-31-30(32-25-27)28-22-21-26(23-29(28)33)19-17-15-10-8-6-4-2/h21-25,33H,3-20H2,1-2H3. The molecule has 0 atom stereocenters. The number of aromatic nitrogens is 2. The zero-order valence-electron chi connectivity index (χ0n) is 21.5. The lowest BCUT2D eigenvalue weighted by Crippen LogP contribution is -1.95. The second-order valence-electron chi connectivity index (χ2n) is 9.72. The Morgan fingerprint density at radius 2 is 1.03 bits per heavy atom. The Labute approximate surface area is 209 Å². The van der Waals surface area contributed by atoms with E-state index in [2.05, 4.69) is 42.0 Å². The SMILES string of the molecule is CCCCCCCCCCCCc1cnc(-c2ccc(CCCCCCCC)cc2S)nc1. The van der Waals surface area contributed by atoms with Gasteiger partial charge in [-0.1, -0.05) is 110 Å². The molecule has 0 saturated carbocycles. The van der Waals surface area contributed by atoms with E-state index in [4.69, 9.17) is 12.6 Å².